The number of phenols is 1. The molecule has 1 aliphatic heterocycles. The molecule has 1 unspecified atom stereocenters. The zero-order valence-corrected chi connectivity index (χ0v) is 18.5. The number of aromatic hydroxyl groups is 1. The van der Waals surface area contributed by atoms with Crippen molar-refractivity contribution in [3.63, 3.8) is 0 Å². The van der Waals surface area contributed by atoms with Gasteiger partial charge in [-0.15, -0.1) is 5.10 Å². The van der Waals surface area contributed by atoms with E-state index in [9.17, 15) is 5.11 Å². The van der Waals surface area contributed by atoms with Gasteiger partial charge in [-0.25, -0.2) is 14.5 Å². The lowest BCUT2D eigenvalue weighted by atomic mass is 9.84. The molecule has 1 N–H and O–H groups in total. The van der Waals surface area contributed by atoms with Crippen molar-refractivity contribution in [3.05, 3.63) is 89.7 Å². The molecule has 0 spiro atoms. The molecule has 3 heterocycles. The number of hydrogen-bond acceptors (Lipinski definition) is 7. The molecule has 168 valence electrons. The van der Waals surface area contributed by atoms with Crippen LogP contribution in [0.15, 0.2) is 73.1 Å². The summed E-state index contributed by atoms with van der Waals surface area (Å²) in [7, 11) is 3.19. The predicted octanol–water partition coefficient (Wildman–Crippen LogP) is 4.80. The molecule has 8 nitrogen and oxygen atoms in total. The van der Waals surface area contributed by atoms with Crippen LogP contribution in [0.3, 0.4) is 0 Å². The maximum absolute atomic E-state index is 10.0. The van der Waals surface area contributed by atoms with Crippen LogP contribution >= 0.6 is 0 Å². The van der Waals surface area contributed by atoms with E-state index in [2.05, 4.69) is 22.2 Å². The molecule has 0 aliphatic carbocycles. The van der Waals surface area contributed by atoms with Crippen molar-refractivity contribution < 1.29 is 19.3 Å². The number of nitrogens with zero attached hydrogens (tertiary/aromatic N) is 4. The number of fused-ring (bicyclic) bond motifs is 4. The molecule has 3 aromatic carbocycles. The summed E-state index contributed by atoms with van der Waals surface area (Å²) in [5.41, 5.74) is 4.22. The summed E-state index contributed by atoms with van der Waals surface area (Å²) in [6, 6.07) is 20.8. The van der Waals surface area contributed by atoms with Gasteiger partial charge in [0.25, 0.3) is 0 Å². The largest absolute Gasteiger partial charge is 0.508 e. The predicted molar refractivity (Wildman–Crippen MR) is 125 cm³/mol. The van der Waals surface area contributed by atoms with E-state index in [1.165, 1.54) is 0 Å². The van der Waals surface area contributed by atoms with Gasteiger partial charge in [-0.05, 0) is 29.8 Å². The SMILES string of the molecule is COc1ccc(-c2nc3c4c(ncn3n2)Oc2cc(O)ccc2C4c2ccccc2)cc1OC. The molecule has 1 atom stereocenters. The lowest BCUT2D eigenvalue weighted by Gasteiger charge is -2.27. The Morgan fingerprint density at radius 1 is 0.941 bits per heavy atom. The van der Waals surface area contributed by atoms with Gasteiger partial charge in [0.1, 0.15) is 17.8 Å². The molecular weight excluding hydrogens is 432 g/mol. The molecule has 1 aliphatic rings. The highest BCUT2D eigenvalue weighted by molar-refractivity contribution is 5.69. The quantitative estimate of drug-likeness (QED) is 0.411. The lowest BCUT2D eigenvalue weighted by molar-refractivity contribution is 0.355. The van der Waals surface area contributed by atoms with Crippen LogP contribution in [0.25, 0.3) is 17.0 Å². The van der Waals surface area contributed by atoms with Crippen LogP contribution in [-0.4, -0.2) is 38.9 Å². The van der Waals surface area contributed by atoms with Crippen LogP contribution < -0.4 is 14.2 Å². The second-order valence-electron chi connectivity index (χ2n) is 7.90. The molecule has 0 radical (unpaired) electrons. The van der Waals surface area contributed by atoms with E-state index in [0.29, 0.717) is 34.6 Å². The van der Waals surface area contributed by atoms with Crippen molar-refractivity contribution in [2.24, 2.45) is 0 Å². The third kappa shape index (κ3) is 3.11. The van der Waals surface area contributed by atoms with Crippen molar-refractivity contribution in [2.45, 2.75) is 5.92 Å². The smallest absolute Gasteiger partial charge is 0.228 e. The van der Waals surface area contributed by atoms with E-state index in [0.717, 1.165) is 22.3 Å². The van der Waals surface area contributed by atoms with E-state index in [1.807, 2.05) is 42.5 Å². The minimum Gasteiger partial charge on any atom is -0.508 e. The zero-order valence-electron chi connectivity index (χ0n) is 18.5. The van der Waals surface area contributed by atoms with Crippen LogP contribution in [0.1, 0.15) is 22.6 Å². The van der Waals surface area contributed by atoms with Crippen LogP contribution in [0.5, 0.6) is 28.9 Å². The highest BCUT2D eigenvalue weighted by Gasteiger charge is 2.33. The van der Waals surface area contributed by atoms with Crippen LogP contribution in [0.4, 0.5) is 0 Å². The lowest BCUT2D eigenvalue weighted by Crippen LogP contribution is -2.14. The standard InChI is InChI=1S/C26H20N4O4/c1-32-19-11-8-16(12-21(19)33-2)24-28-25-23-22(15-6-4-3-5-7-15)18-10-9-17(31)13-20(18)34-26(23)27-14-30(25)29-24/h3-14,22,31H,1-2H3. The molecular formula is C26H20N4O4. The molecule has 34 heavy (non-hydrogen) atoms. The summed E-state index contributed by atoms with van der Waals surface area (Å²) in [5.74, 6) is 2.69. The van der Waals surface area contributed by atoms with Crippen LogP contribution in [0.2, 0.25) is 0 Å². The average Bonchev–Trinajstić information content (AvgIpc) is 3.32. The summed E-state index contributed by atoms with van der Waals surface area (Å²) in [6.45, 7) is 0. The fourth-order valence-electron chi connectivity index (χ4n) is 4.39. The highest BCUT2D eigenvalue weighted by Crippen LogP contribution is 2.48. The van der Waals surface area contributed by atoms with Crippen molar-refractivity contribution in [3.8, 4) is 40.3 Å². The number of phenolic OH excluding ortho intramolecular Hbond substituents is 1. The Labute approximate surface area is 195 Å². The van der Waals surface area contributed by atoms with Crippen molar-refractivity contribution in [1.82, 2.24) is 19.6 Å². The Morgan fingerprint density at radius 3 is 2.56 bits per heavy atom. The number of ether oxygens (including phenoxy) is 3. The second kappa shape index (κ2) is 7.77. The van der Waals surface area contributed by atoms with Gasteiger partial charge in [-0.2, -0.15) is 0 Å². The number of aromatic nitrogens is 4. The summed E-state index contributed by atoms with van der Waals surface area (Å²) in [4.78, 5) is 9.41. The normalized spacial score (nSPS) is 14.2. The number of benzene rings is 3. The summed E-state index contributed by atoms with van der Waals surface area (Å²) < 4.78 is 18.6. The number of hydrogen-bond donors (Lipinski definition) is 1. The molecule has 0 saturated carbocycles. The Bertz CT molecular complexity index is 1530. The molecule has 2 aromatic heterocycles. The maximum Gasteiger partial charge on any atom is 0.228 e. The van der Waals surface area contributed by atoms with Gasteiger partial charge in [-0.1, -0.05) is 36.4 Å². The molecule has 0 saturated heterocycles. The van der Waals surface area contributed by atoms with Crippen LogP contribution in [0, 0.1) is 0 Å². The minimum atomic E-state index is -0.195. The van der Waals surface area contributed by atoms with Gasteiger partial charge in [-0.3, -0.25) is 0 Å². The zero-order chi connectivity index (χ0) is 23.2. The van der Waals surface area contributed by atoms with E-state index in [-0.39, 0.29) is 11.7 Å². The van der Waals surface area contributed by atoms with E-state index in [4.69, 9.17) is 19.2 Å². The third-order valence-corrected chi connectivity index (χ3v) is 5.97. The number of rotatable bonds is 4. The summed E-state index contributed by atoms with van der Waals surface area (Å²) in [6.07, 6.45) is 1.58. The second-order valence-corrected chi connectivity index (χ2v) is 7.90. The molecule has 0 bridgehead atoms. The summed E-state index contributed by atoms with van der Waals surface area (Å²) >= 11 is 0. The fraction of sp³-hybridized carbons (Fsp3) is 0.115. The molecule has 0 amide bonds. The van der Waals surface area contributed by atoms with Gasteiger partial charge in [0.2, 0.25) is 5.88 Å². The first-order chi connectivity index (χ1) is 16.7. The molecule has 5 aromatic rings. The number of methoxy groups -OCH3 is 2. The van der Waals surface area contributed by atoms with E-state index < -0.39 is 0 Å². The average molecular weight is 452 g/mol. The first-order valence-corrected chi connectivity index (χ1v) is 10.7. The van der Waals surface area contributed by atoms with Gasteiger partial charge in [0.05, 0.1) is 19.8 Å². The Balaban J connectivity index is 1.57. The maximum atomic E-state index is 10.0. The monoisotopic (exact) mass is 452 g/mol. The molecule has 6 rings (SSSR count). The van der Waals surface area contributed by atoms with Gasteiger partial charge in [0.15, 0.2) is 23.0 Å². The van der Waals surface area contributed by atoms with E-state index in [1.54, 1.807) is 37.2 Å². The highest BCUT2D eigenvalue weighted by atomic mass is 16.5. The van der Waals surface area contributed by atoms with E-state index >= 15 is 0 Å². The van der Waals surface area contributed by atoms with Gasteiger partial charge in [0, 0.05) is 23.1 Å². The molecule has 8 heteroatoms. The van der Waals surface area contributed by atoms with Crippen molar-refractivity contribution in [2.75, 3.05) is 14.2 Å². The van der Waals surface area contributed by atoms with Gasteiger partial charge < -0.3 is 19.3 Å². The fourth-order valence-corrected chi connectivity index (χ4v) is 4.39. The van der Waals surface area contributed by atoms with Crippen molar-refractivity contribution >= 4 is 5.65 Å². The Kier molecular flexibility index (Phi) is 4.58. The van der Waals surface area contributed by atoms with Crippen molar-refractivity contribution in [1.29, 1.82) is 0 Å². The minimum absolute atomic E-state index is 0.133. The first-order valence-electron chi connectivity index (χ1n) is 10.7. The van der Waals surface area contributed by atoms with Crippen LogP contribution in [-0.2, 0) is 0 Å². The Hall–Kier alpha value is -4.59. The van der Waals surface area contributed by atoms with Gasteiger partial charge >= 0.3 is 0 Å². The third-order valence-electron chi connectivity index (χ3n) is 5.97. The molecule has 0 fully saturated rings. The summed E-state index contributed by atoms with van der Waals surface area (Å²) in [5, 5.41) is 14.7. The Morgan fingerprint density at radius 2 is 1.76 bits per heavy atom. The first kappa shape index (κ1) is 20.0. The topological polar surface area (TPSA) is 91.0 Å².